The zero-order valence-electron chi connectivity index (χ0n) is 20.5. The van der Waals surface area contributed by atoms with Gasteiger partial charge in [-0.2, -0.15) is 0 Å². The second kappa shape index (κ2) is 12.4. The molecule has 2 heterocycles. The average Bonchev–Trinajstić information content (AvgIpc) is 2.88. The maximum atomic E-state index is 10.9. The number of carbonyl (C=O) groups is 1. The number of nitrogens with one attached hydrogen (secondary N) is 2. The van der Waals surface area contributed by atoms with Gasteiger partial charge >= 0.3 is 0 Å². The van der Waals surface area contributed by atoms with E-state index < -0.39 is 5.60 Å². The van der Waals surface area contributed by atoms with Crippen molar-refractivity contribution in [3.05, 3.63) is 83.0 Å². The topological polar surface area (TPSA) is 122 Å². The van der Waals surface area contributed by atoms with Crippen molar-refractivity contribution in [2.45, 2.75) is 26.0 Å². The maximum absolute atomic E-state index is 10.9. The summed E-state index contributed by atoms with van der Waals surface area (Å²) in [5.74, 6) is 0.597. The largest absolute Gasteiger partial charge is 0.396 e. The molecule has 0 aliphatic heterocycles. The van der Waals surface area contributed by atoms with Gasteiger partial charge in [0.2, 0.25) is 0 Å². The van der Waals surface area contributed by atoms with Crippen LogP contribution in [0.3, 0.4) is 0 Å². The highest BCUT2D eigenvalue weighted by atomic mass is 35.5. The number of rotatable bonds is 8. The van der Waals surface area contributed by atoms with Crippen molar-refractivity contribution in [2.75, 3.05) is 24.7 Å². The summed E-state index contributed by atoms with van der Waals surface area (Å²) in [6.45, 7) is 4.19. The normalized spacial score (nSPS) is 11.0. The number of aliphatic hydroxyl groups excluding tert-OH is 1. The molecule has 2 aromatic carbocycles. The van der Waals surface area contributed by atoms with E-state index >= 15 is 0 Å². The molecule has 0 radical (unpaired) electrons. The Bertz CT molecular complexity index is 1330. The second-order valence-electron chi connectivity index (χ2n) is 8.60. The van der Waals surface area contributed by atoms with Gasteiger partial charge in [-0.15, -0.1) is 0 Å². The Balaban J connectivity index is 0.000000392. The predicted molar refractivity (Wildman–Crippen MR) is 145 cm³/mol. The summed E-state index contributed by atoms with van der Waals surface area (Å²) in [4.78, 5) is 24.8. The van der Waals surface area contributed by atoms with Crippen LogP contribution in [0.25, 0.3) is 22.2 Å². The third-order valence-corrected chi connectivity index (χ3v) is 5.56. The molecule has 0 amide bonds. The van der Waals surface area contributed by atoms with Gasteiger partial charge in [-0.25, -0.2) is 10.5 Å². The minimum Gasteiger partial charge on any atom is -0.396 e. The number of hydrogen-bond donors (Lipinski definition) is 4. The minimum absolute atomic E-state index is 0.0217. The maximum Gasteiger partial charge on any atom is 0.151 e. The van der Waals surface area contributed by atoms with Gasteiger partial charge in [0.1, 0.15) is 11.4 Å². The van der Waals surface area contributed by atoms with Crippen LogP contribution in [-0.4, -0.2) is 40.6 Å². The quantitative estimate of drug-likeness (QED) is 0.197. The highest BCUT2D eigenvalue weighted by Crippen LogP contribution is 2.27. The Morgan fingerprint density at radius 2 is 1.94 bits per heavy atom. The van der Waals surface area contributed by atoms with Crippen molar-refractivity contribution >= 4 is 40.3 Å². The molecule has 4 aromatic rings. The van der Waals surface area contributed by atoms with E-state index in [-0.39, 0.29) is 6.61 Å². The van der Waals surface area contributed by atoms with Crippen LogP contribution in [0.4, 0.5) is 11.5 Å². The molecule has 0 saturated carbocycles. The molecule has 0 unspecified atom stereocenters. The summed E-state index contributed by atoms with van der Waals surface area (Å²) in [6.07, 6.45) is 2.51. The Kier molecular flexibility index (Phi) is 9.32. The SMILES string of the molecule is CNOC(C)(C)CO.Nc1ccc(-c2ccc(C=O)c(Cl)c2)nc1NCc1ccc2ncccc2c1. The van der Waals surface area contributed by atoms with E-state index in [1.807, 2.05) is 36.4 Å². The lowest BCUT2D eigenvalue weighted by Crippen LogP contribution is -2.33. The third kappa shape index (κ3) is 7.22. The summed E-state index contributed by atoms with van der Waals surface area (Å²) in [7, 11) is 1.66. The van der Waals surface area contributed by atoms with Crippen LogP contribution in [0.1, 0.15) is 29.8 Å². The van der Waals surface area contributed by atoms with Gasteiger partial charge in [0.25, 0.3) is 0 Å². The van der Waals surface area contributed by atoms with Crippen LogP contribution in [0.5, 0.6) is 0 Å². The lowest BCUT2D eigenvalue weighted by Gasteiger charge is -2.20. The minimum atomic E-state index is -0.464. The average molecular weight is 508 g/mol. The summed E-state index contributed by atoms with van der Waals surface area (Å²) >= 11 is 6.13. The fourth-order valence-electron chi connectivity index (χ4n) is 3.28. The van der Waals surface area contributed by atoms with Gasteiger partial charge in [0.05, 0.1) is 28.5 Å². The summed E-state index contributed by atoms with van der Waals surface area (Å²) in [5, 5.41) is 13.3. The van der Waals surface area contributed by atoms with Crippen LogP contribution in [0, 0.1) is 0 Å². The molecule has 4 rings (SSSR count). The third-order valence-electron chi connectivity index (χ3n) is 5.24. The van der Waals surface area contributed by atoms with Gasteiger partial charge in [0.15, 0.2) is 6.29 Å². The number of nitrogens with zero attached hydrogens (tertiary/aromatic N) is 2. The molecule has 0 saturated heterocycles. The molecule has 0 spiro atoms. The molecule has 8 nitrogen and oxygen atoms in total. The van der Waals surface area contributed by atoms with Crippen LogP contribution >= 0.6 is 11.6 Å². The first-order chi connectivity index (χ1) is 17.3. The van der Waals surface area contributed by atoms with E-state index in [1.54, 1.807) is 45.3 Å². The zero-order chi connectivity index (χ0) is 26.1. The number of carbonyl (C=O) groups excluding carboxylic acids is 1. The predicted octanol–water partition coefficient (Wildman–Crippen LogP) is 4.87. The Labute approximate surface area is 215 Å². The molecule has 9 heteroatoms. The molecule has 0 bridgehead atoms. The monoisotopic (exact) mass is 507 g/mol. The van der Waals surface area contributed by atoms with E-state index in [1.165, 1.54) is 0 Å². The number of nitrogen functional groups attached to an aromatic ring is 1. The number of halogens is 1. The van der Waals surface area contributed by atoms with Gasteiger partial charge in [-0.3, -0.25) is 14.6 Å². The van der Waals surface area contributed by atoms with Crippen molar-refractivity contribution in [1.29, 1.82) is 0 Å². The second-order valence-corrected chi connectivity index (χ2v) is 9.00. The van der Waals surface area contributed by atoms with E-state index in [0.717, 1.165) is 34.0 Å². The Hall–Kier alpha value is -3.56. The molecular weight excluding hydrogens is 478 g/mol. The highest BCUT2D eigenvalue weighted by molar-refractivity contribution is 6.33. The number of anilines is 2. The van der Waals surface area contributed by atoms with Crippen molar-refractivity contribution in [3.8, 4) is 11.3 Å². The number of fused-ring (bicyclic) bond motifs is 1. The number of benzene rings is 2. The van der Waals surface area contributed by atoms with Crippen LogP contribution in [0.15, 0.2) is 66.9 Å². The van der Waals surface area contributed by atoms with Crippen LogP contribution < -0.4 is 16.5 Å². The highest BCUT2D eigenvalue weighted by Gasteiger charge is 2.15. The Morgan fingerprint density at radius 3 is 2.61 bits per heavy atom. The van der Waals surface area contributed by atoms with Gasteiger partial charge in [-0.1, -0.05) is 29.8 Å². The van der Waals surface area contributed by atoms with E-state index in [4.69, 9.17) is 27.3 Å². The van der Waals surface area contributed by atoms with Gasteiger partial charge in [0, 0.05) is 36.3 Å². The first kappa shape index (κ1) is 27.0. The van der Waals surface area contributed by atoms with Crippen molar-refractivity contribution < 1.29 is 14.7 Å². The fraction of sp³-hybridized carbons (Fsp3) is 0.222. The number of pyridine rings is 2. The number of aldehydes is 1. The number of aromatic nitrogens is 2. The molecule has 2 aromatic heterocycles. The molecular formula is C27H30ClN5O3. The smallest absolute Gasteiger partial charge is 0.151 e. The number of hydrogen-bond acceptors (Lipinski definition) is 8. The molecule has 36 heavy (non-hydrogen) atoms. The first-order valence-corrected chi connectivity index (χ1v) is 11.7. The van der Waals surface area contributed by atoms with Crippen molar-refractivity contribution in [2.24, 2.45) is 0 Å². The van der Waals surface area contributed by atoms with E-state index in [0.29, 0.717) is 28.6 Å². The Morgan fingerprint density at radius 1 is 1.14 bits per heavy atom. The zero-order valence-corrected chi connectivity index (χ0v) is 21.2. The molecule has 0 aliphatic carbocycles. The van der Waals surface area contributed by atoms with Gasteiger partial charge in [-0.05, 0) is 61.9 Å². The fourth-order valence-corrected chi connectivity index (χ4v) is 3.51. The van der Waals surface area contributed by atoms with E-state index in [9.17, 15) is 4.79 Å². The first-order valence-electron chi connectivity index (χ1n) is 11.3. The van der Waals surface area contributed by atoms with E-state index in [2.05, 4.69) is 26.8 Å². The number of aliphatic hydroxyl groups is 1. The molecule has 0 atom stereocenters. The number of hydroxylamine groups is 1. The van der Waals surface area contributed by atoms with Crippen LogP contribution in [0.2, 0.25) is 5.02 Å². The van der Waals surface area contributed by atoms with Crippen LogP contribution in [-0.2, 0) is 11.4 Å². The summed E-state index contributed by atoms with van der Waals surface area (Å²) in [6, 6.07) is 18.9. The van der Waals surface area contributed by atoms with Crippen molar-refractivity contribution in [3.63, 3.8) is 0 Å². The molecule has 0 fully saturated rings. The lowest BCUT2D eigenvalue weighted by atomic mass is 10.1. The number of nitrogens with two attached hydrogens (primary N) is 1. The standard InChI is InChI=1S/C22H17ClN4O.C5H13NO2/c23-18-11-16(4-5-17(18)13-28)21-8-6-19(24)22(27-21)26-12-14-3-7-20-15(10-14)2-1-9-25-20;1-5(2,4-7)8-6-3/h1-11,13H,12,24H2,(H,26,27);6-7H,4H2,1-3H3. The molecule has 0 aliphatic rings. The van der Waals surface area contributed by atoms with Crippen molar-refractivity contribution in [1.82, 2.24) is 15.4 Å². The lowest BCUT2D eigenvalue weighted by molar-refractivity contribution is -0.100. The molecule has 5 N–H and O–H groups in total. The summed E-state index contributed by atoms with van der Waals surface area (Å²) in [5.41, 5.74) is 12.7. The van der Waals surface area contributed by atoms with Gasteiger partial charge < -0.3 is 16.2 Å². The molecule has 188 valence electrons. The summed E-state index contributed by atoms with van der Waals surface area (Å²) < 4.78 is 0.